The van der Waals surface area contributed by atoms with E-state index in [0.717, 1.165) is 12.8 Å². The van der Waals surface area contributed by atoms with Gasteiger partial charge in [0.05, 0.1) is 8.07 Å². The average molecular weight is 382 g/mol. The van der Waals surface area contributed by atoms with E-state index >= 15 is 0 Å². The van der Waals surface area contributed by atoms with Crippen LogP contribution < -0.4 is 42.4 Å². The minimum Gasteiger partial charge on any atom is -1.00 e. The van der Waals surface area contributed by atoms with Crippen LogP contribution in [-0.4, -0.2) is 8.07 Å². The molecule has 0 spiro atoms. The molecule has 0 atom stereocenters. The number of hydrogen-bond acceptors (Lipinski definition) is 0. The number of allylic oxidation sites excluding steroid dienone is 4. The maximum Gasteiger partial charge on any atom is 4.00 e. The SMILES string of the molecule is C[Si](C)(C)c1cccc(CC2=[C-]C=CC2)c1.[Cl-].[Cl-].[Cl-].[Ti+4]. The van der Waals surface area contributed by atoms with Crippen LogP contribution in [0, 0.1) is 6.08 Å². The Bertz CT molecular complexity index is 451. The van der Waals surface area contributed by atoms with Gasteiger partial charge in [-0.1, -0.05) is 55.5 Å². The molecule has 0 unspecified atom stereocenters. The van der Waals surface area contributed by atoms with Crippen LogP contribution in [0.15, 0.2) is 42.0 Å². The van der Waals surface area contributed by atoms with Crippen LogP contribution in [0.1, 0.15) is 12.0 Å². The van der Waals surface area contributed by atoms with Gasteiger partial charge in [-0.05, 0) is 12.0 Å². The monoisotopic (exact) mass is 380 g/mol. The van der Waals surface area contributed by atoms with Gasteiger partial charge in [0, 0.05) is 0 Å². The molecule has 2 rings (SSSR count). The van der Waals surface area contributed by atoms with Gasteiger partial charge in [-0.15, -0.1) is 0 Å². The van der Waals surface area contributed by atoms with Gasteiger partial charge in [-0.3, -0.25) is 6.08 Å². The molecule has 0 fully saturated rings. The summed E-state index contributed by atoms with van der Waals surface area (Å²) < 4.78 is 0. The van der Waals surface area contributed by atoms with E-state index in [4.69, 9.17) is 0 Å². The van der Waals surface area contributed by atoms with Gasteiger partial charge in [-0.2, -0.15) is 5.57 Å². The minimum absolute atomic E-state index is 0. The molecule has 1 aliphatic rings. The van der Waals surface area contributed by atoms with Crippen molar-refractivity contribution < 1.29 is 58.9 Å². The summed E-state index contributed by atoms with van der Waals surface area (Å²) in [5, 5.41) is 1.55. The number of halogens is 3. The molecule has 1 aliphatic carbocycles. The van der Waals surface area contributed by atoms with Gasteiger partial charge in [0.25, 0.3) is 0 Å². The standard InChI is InChI=1S/C15H19Si.3ClH.Ti/c1-16(2,3)15-10-6-9-14(12-15)11-13-7-4-5-8-13;;;;/h4-6,9-10,12H,7,11H2,1-3H3;3*1H;/q-1;;;;+4/p-3. The molecular formula is C15H19Cl3SiTi. The Morgan fingerprint density at radius 1 is 1.10 bits per heavy atom. The van der Waals surface area contributed by atoms with E-state index in [-0.39, 0.29) is 58.9 Å². The van der Waals surface area contributed by atoms with E-state index in [1.54, 1.807) is 5.19 Å². The first-order valence-electron chi connectivity index (χ1n) is 5.91. The molecule has 20 heavy (non-hydrogen) atoms. The molecule has 0 heterocycles. The molecular weight excluding hydrogens is 362 g/mol. The van der Waals surface area contributed by atoms with Crippen molar-refractivity contribution in [3.8, 4) is 0 Å². The van der Waals surface area contributed by atoms with Crippen LogP contribution >= 0.6 is 0 Å². The summed E-state index contributed by atoms with van der Waals surface area (Å²) in [5.74, 6) is 0. The summed E-state index contributed by atoms with van der Waals surface area (Å²) in [6.07, 6.45) is 9.67. The van der Waals surface area contributed by atoms with Crippen LogP contribution in [0.5, 0.6) is 0 Å². The molecule has 1 aromatic rings. The average Bonchev–Trinajstić information content (AvgIpc) is 2.70. The van der Waals surface area contributed by atoms with Gasteiger partial charge in [-0.25, -0.2) is 12.2 Å². The van der Waals surface area contributed by atoms with Crippen molar-refractivity contribution in [1.29, 1.82) is 0 Å². The summed E-state index contributed by atoms with van der Waals surface area (Å²) in [5.41, 5.74) is 2.85. The molecule has 0 bridgehead atoms. The third-order valence-electron chi connectivity index (χ3n) is 2.98. The van der Waals surface area contributed by atoms with E-state index in [0.29, 0.717) is 0 Å². The first kappa shape index (κ1) is 25.5. The summed E-state index contributed by atoms with van der Waals surface area (Å²) in [7, 11) is -1.17. The molecule has 0 aromatic heterocycles. The van der Waals surface area contributed by atoms with Crippen molar-refractivity contribution in [2.45, 2.75) is 32.5 Å². The Balaban J connectivity index is -0.000000722. The molecule has 0 saturated carbocycles. The third kappa shape index (κ3) is 7.49. The van der Waals surface area contributed by atoms with Crippen molar-refractivity contribution in [2.75, 3.05) is 0 Å². The van der Waals surface area contributed by atoms with Crippen LogP contribution in [0.2, 0.25) is 19.6 Å². The number of hydrogen-bond donors (Lipinski definition) is 0. The molecule has 0 radical (unpaired) electrons. The second kappa shape index (κ2) is 11.1. The fourth-order valence-electron chi connectivity index (χ4n) is 1.95. The first-order chi connectivity index (χ1) is 7.55. The number of benzene rings is 1. The summed E-state index contributed by atoms with van der Waals surface area (Å²) >= 11 is 0. The first-order valence-corrected chi connectivity index (χ1v) is 9.41. The minimum atomic E-state index is -1.17. The van der Waals surface area contributed by atoms with Crippen LogP contribution in [0.3, 0.4) is 0 Å². The largest absolute Gasteiger partial charge is 4.00 e. The van der Waals surface area contributed by atoms with Crippen molar-refractivity contribution in [3.05, 3.63) is 53.6 Å². The van der Waals surface area contributed by atoms with Crippen molar-refractivity contribution >= 4 is 13.3 Å². The van der Waals surface area contributed by atoms with E-state index in [9.17, 15) is 0 Å². The molecule has 0 N–H and O–H groups in total. The maximum absolute atomic E-state index is 3.31. The molecule has 0 amide bonds. The Kier molecular flexibility index (Phi) is 14.2. The summed E-state index contributed by atoms with van der Waals surface area (Å²) in [6.45, 7) is 7.19. The normalized spacial score (nSPS) is 12.2. The van der Waals surface area contributed by atoms with Crippen molar-refractivity contribution in [2.24, 2.45) is 0 Å². The van der Waals surface area contributed by atoms with Crippen molar-refractivity contribution in [1.82, 2.24) is 0 Å². The Labute approximate surface area is 157 Å². The van der Waals surface area contributed by atoms with Crippen LogP contribution in [0.4, 0.5) is 0 Å². The Morgan fingerprint density at radius 3 is 2.25 bits per heavy atom. The predicted molar refractivity (Wildman–Crippen MR) is 73.6 cm³/mol. The topological polar surface area (TPSA) is 0 Å². The molecule has 0 saturated heterocycles. The second-order valence-electron chi connectivity index (χ2n) is 5.48. The quantitative estimate of drug-likeness (QED) is 0.362. The van der Waals surface area contributed by atoms with Gasteiger partial charge in [0.15, 0.2) is 0 Å². The predicted octanol–water partition coefficient (Wildman–Crippen LogP) is -5.53. The smallest absolute Gasteiger partial charge is 1.00 e. The van der Waals surface area contributed by atoms with E-state index in [1.807, 2.05) is 6.08 Å². The fraction of sp³-hybridized carbons (Fsp3) is 0.333. The van der Waals surface area contributed by atoms with Gasteiger partial charge in [0.2, 0.25) is 0 Å². The maximum atomic E-state index is 3.31. The Hall–Kier alpha value is 0.501. The van der Waals surface area contributed by atoms with Crippen molar-refractivity contribution in [3.63, 3.8) is 0 Å². The zero-order valence-corrected chi connectivity index (χ0v) is 16.8. The summed E-state index contributed by atoms with van der Waals surface area (Å²) in [6, 6.07) is 9.10. The second-order valence-corrected chi connectivity index (χ2v) is 10.6. The zero-order chi connectivity index (χ0) is 11.6. The van der Waals surface area contributed by atoms with Gasteiger partial charge < -0.3 is 37.2 Å². The fourth-order valence-corrected chi connectivity index (χ4v) is 3.17. The molecule has 108 valence electrons. The van der Waals surface area contributed by atoms with E-state index in [2.05, 4.69) is 56.1 Å². The molecule has 0 aliphatic heterocycles. The Morgan fingerprint density at radius 2 is 1.75 bits per heavy atom. The zero-order valence-electron chi connectivity index (χ0n) is 12.0. The van der Waals surface area contributed by atoms with Gasteiger partial charge in [0.1, 0.15) is 0 Å². The number of rotatable bonds is 3. The molecule has 0 nitrogen and oxygen atoms in total. The van der Waals surface area contributed by atoms with E-state index in [1.165, 1.54) is 11.1 Å². The molecule has 5 heteroatoms. The summed E-state index contributed by atoms with van der Waals surface area (Å²) in [4.78, 5) is 0. The third-order valence-corrected chi connectivity index (χ3v) is 5.02. The van der Waals surface area contributed by atoms with Gasteiger partial charge >= 0.3 is 21.7 Å². The molecule has 1 aromatic carbocycles. The van der Waals surface area contributed by atoms with Crippen LogP contribution in [0.25, 0.3) is 0 Å². The van der Waals surface area contributed by atoms with E-state index < -0.39 is 8.07 Å². The van der Waals surface area contributed by atoms with Crippen LogP contribution in [-0.2, 0) is 28.1 Å².